The molecule has 0 saturated heterocycles. The molecule has 0 atom stereocenters. The summed E-state index contributed by atoms with van der Waals surface area (Å²) in [6, 6.07) is 7.57. The van der Waals surface area contributed by atoms with Gasteiger partial charge in [-0.1, -0.05) is 35.3 Å². The van der Waals surface area contributed by atoms with Crippen LogP contribution in [0.1, 0.15) is 12.5 Å². The average Bonchev–Trinajstić information content (AvgIpc) is 2.82. The number of amides is 1. The Hall–Kier alpha value is -2.32. The number of carbonyl (C=O) groups is 1. The van der Waals surface area contributed by atoms with Gasteiger partial charge in [-0.15, -0.1) is 0 Å². The Bertz CT molecular complexity index is 686. The maximum atomic E-state index is 11.1. The Balaban J connectivity index is 2.06. The molecule has 19 heavy (non-hydrogen) atoms. The van der Waals surface area contributed by atoms with Crippen LogP contribution in [0.5, 0.6) is 0 Å². The Labute approximate surface area is 114 Å². The van der Waals surface area contributed by atoms with E-state index >= 15 is 0 Å². The molecule has 2 rings (SSSR count). The number of carbonyl (C=O) groups excluding carboxylic acids is 1. The van der Waals surface area contributed by atoms with Crippen molar-refractivity contribution in [3.63, 3.8) is 0 Å². The van der Waals surface area contributed by atoms with Crippen LogP contribution in [0, 0.1) is 11.8 Å². The van der Waals surface area contributed by atoms with Crippen LogP contribution in [-0.4, -0.2) is 17.4 Å². The summed E-state index contributed by atoms with van der Waals surface area (Å²) in [6.45, 7) is 1.80. The second kappa shape index (κ2) is 6.03. The van der Waals surface area contributed by atoms with Gasteiger partial charge in [-0.2, -0.15) is 0 Å². The molecule has 0 aliphatic heterocycles. The number of hydrogen-bond acceptors (Lipinski definition) is 3. The first-order valence-electron chi connectivity index (χ1n) is 5.67. The molecule has 1 heterocycles. The van der Waals surface area contributed by atoms with Crippen molar-refractivity contribution in [2.24, 2.45) is 0 Å². The van der Waals surface area contributed by atoms with Gasteiger partial charge in [0.05, 0.1) is 12.2 Å². The Morgan fingerprint density at radius 1 is 1.37 bits per heavy atom. The molecule has 96 valence electrons. The minimum atomic E-state index is -0.0916. The maximum absolute atomic E-state index is 11.1. The zero-order chi connectivity index (χ0) is 13.7. The van der Waals surface area contributed by atoms with Crippen molar-refractivity contribution in [3.05, 3.63) is 44.9 Å². The Morgan fingerprint density at radius 2 is 2.11 bits per heavy atom. The third kappa shape index (κ3) is 3.83. The van der Waals surface area contributed by atoms with E-state index in [0.717, 1.165) is 28.2 Å². The van der Waals surface area contributed by atoms with Crippen molar-refractivity contribution >= 4 is 17.2 Å². The fourth-order valence-corrected chi connectivity index (χ4v) is 2.06. The first kappa shape index (κ1) is 13.1. The van der Waals surface area contributed by atoms with E-state index in [1.165, 1.54) is 6.92 Å². The number of aromatic nitrogens is 1. The third-order valence-corrected chi connectivity index (χ3v) is 3.04. The lowest BCUT2D eigenvalue weighted by atomic mass is 10.1. The number of rotatable bonds is 2. The molecule has 0 radical (unpaired) electrons. The molecule has 5 heteroatoms. The number of nitrogens with one attached hydrogen (secondary N) is 2. The second-order valence-electron chi connectivity index (χ2n) is 3.85. The summed E-state index contributed by atoms with van der Waals surface area (Å²) in [4.78, 5) is 24.4. The summed E-state index contributed by atoms with van der Waals surface area (Å²) in [6.07, 6.45) is 0. The highest BCUT2D eigenvalue weighted by atomic mass is 32.1. The maximum Gasteiger partial charge on any atom is 0.304 e. The zero-order valence-corrected chi connectivity index (χ0v) is 11.1. The molecule has 2 aromatic rings. The van der Waals surface area contributed by atoms with Gasteiger partial charge in [0.1, 0.15) is 0 Å². The van der Waals surface area contributed by atoms with E-state index in [1.807, 2.05) is 24.3 Å². The first-order chi connectivity index (χ1) is 9.15. The lowest BCUT2D eigenvalue weighted by molar-refractivity contribution is -0.118. The van der Waals surface area contributed by atoms with Gasteiger partial charge in [0.15, 0.2) is 0 Å². The third-order valence-electron chi connectivity index (χ3n) is 2.37. The molecule has 1 aromatic carbocycles. The summed E-state index contributed by atoms with van der Waals surface area (Å²) in [5, 5.41) is 4.40. The fraction of sp³-hybridized carbons (Fsp3) is 0.143. The average molecular weight is 272 g/mol. The molecule has 2 N–H and O–H groups in total. The van der Waals surface area contributed by atoms with Crippen molar-refractivity contribution in [2.45, 2.75) is 6.92 Å². The van der Waals surface area contributed by atoms with Crippen LogP contribution >= 0.6 is 11.3 Å². The normalized spacial score (nSPS) is 9.53. The molecule has 0 aliphatic carbocycles. The largest absolute Gasteiger partial charge is 0.345 e. The summed E-state index contributed by atoms with van der Waals surface area (Å²) < 4.78 is 0. The van der Waals surface area contributed by atoms with Gasteiger partial charge >= 0.3 is 4.87 Å². The minimum Gasteiger partial charge on any atom is -0.345 e. The Kier molecular flexibility index (Phi) is 4.16. The van der Waals surface area contributed by atoms with Crippen LogP contribution in [0.15, 0.2) is 34.4 Å². The van der Waals surface area contributed by atoms with Crippen molar-refractivity contribution in [3.8, 4) is 23.1 Å². The van der Waals surface area contributed by atoms with Gasteiger partial charge in [0.25, 0.3) is 0 Å². The molecule has 0 bridgehead atoms. The standard InChI is InChI=1S/C14H12N2O2S/c1-10(17)15-8-2-3-11-4-6-12(7-5-11)13-9-19-14(18)16-13/h4-7,9H,8H2,1H3,(H,15,17)(H,16,18). The summed E-state index contributed by atoms with van der Waals surface area (Å²) >= 11 is 1.14. The van der Waals surface area contributed by atoms with Crippen LogP contribution in [0.3, 0.4) is 0 Å². The van der Waals surface area contributed by atoms with E-state index in [-0.39, 0.29) is 10.8 Å². The molecule has 0 saturated carbocycles. The molecule has 0 unspecified atom stereocenters. The Morgan fingerprint density at radius 3 is 2.68 bits per heavy atom. The van der Waals surface area contributed by atoms with Crippen LogP contribution in [-0.2, 0) is 4.79 Å². The predicted octanol–water partition coefficient (Wildman–Crippen LogP) is 1.59. The smallest absolute Gasteiger partial charge is 0.304 e. The topological polar surface area (TPSA) is 62.0 Å². The lowest BCUT2D eigenvalue weighted by Crippen LogP contribution is -2.19. The highest BCUT2D eigenvalue weighted by Crippen LogP contribution is 2.17. The van der Waals surface area contributed by atoms with Gasteiger partial charge in [-0.05, 0) is 17.7 Å². The van der Waals surface area contributed by atoms with Crippen molar-refractivity contribution < 1.29 is 4.79 Å². The van der Waals surface area contributed by atoms with Crippen molar-refractivity contribution in [2.75, 3.05) is 6.54 Å². The molecular formula is C14H12N2O2S. The summed E-state index contributed by atoms with van der Waals surface area (Å²) in [7, 11) is 0. The zero-order valence-electron chi connectivity index (χ0n) is 10.3. The number of aromatic amines is 1. The van der Waals surface area contributed by atoms with Crippen LogP contribution in [0.25, 0.3) is 11.3 Å². The van der Waals surface area contributed by atoms with Crippen LogP contribution < -0.4 is 10.2 Å². The highest BCUT2D eigenvalue weighted by molar-refractivity contribution is 7.07. The van der Waals surface area contributed by atoms with E-state index in [0.29, 0.717) is 6.54 Å². The van der Waals surface area contributed by atoms with Crippen LogP contribution in [0.4, 0.5) is 0 Å². The van der Waals surface area contributed by atoms with E-state index in [9.17, 15) is 9.59 Å². The van der Waals surface area contributed by atoms with E-state index in [4.69, 9.17) is 0 Å². The number of thiazole rings is 1. The number of benzene rings is 1. The lowest BCUT2D eigenvalue weighted by Gasteiger charge is -1.97. The first-order valence-corrected chi connectivity index (χ1v) is 6.54. The predicted molar refractivity (Wildman–Crippen MR) is 75.9 cm³/mol. The summed E-state index contributed by atoms with van der Waals surface area (Å²) in [5.74, 6) is 5.72. The van der Waals surface area contributed by atoms with E-state index in [2.05, 4.69) is 22.1 Å². The molecule has 0 spiro atoms. The summed E-state index contributed by atoms with van der Waals surface area (Å²) in [5.41, 5.74) is 2.63. The second-order valence-corrected chi connectivity index (χ2v) is 4.69. The molecule has 1 amide bonds. The van der Waals surface area contributed by atoms with E-state index < -0.39 is 0 Å². The molecule has 0 aliphatic rings. The SMILES string of the molecule is CC(=O)NCC#Cc1ccc(-c2csc(=O)[nH]2)cc1. The monoisotopic (exact) mass is 272 g/mol. The van der Waals surface area contributed by atoms with Gasteiger partial charge in [-0.3, -0.25) is 9.59 Å². The molecular weight excluding hydrogens is 260 g/mol. The van der Waals surface area contributed by atoms with Crippen molar-refractivity contribution in [1.29, 1.82) is 0 Å². The number of H-pyrrole nitrogens is 1. The van der Waals surface area contributed by atoms with Crippen LogP contribution in [0.2, 0.25) is 0 Å². The van der Waals surface area contributed by atoms with E-state index in [1.54, 1.807) is 5.38 Å². The molecule has 1 aromatic heterocycles. The minimum absolute atomic E-state index is 0.0609. The number of hydrogen-bond donors (Lipinski definition) is 2. The quantitative estimate of drug-likeness (QED) is 0.816. The fourth-order valence-electron chi connectivity index (χ4n) is 1.47. The van der Waals surface area contributed by atoms with Gasteiger partial charge in [0, 0.05) is 17.9 Å². The highest BCUT2D eigenvalue weighted by Gasteiger charge is 1.99. The van der Waals surface area contributed by atoms with Gasteiger partial charge in [-0.25, -0.2) is 0 Å². The van der Waals surface area contributed by atoms with Gasteiger partial charge < -0.3 is 10.3 Å². The van der Waals surface area contributed by atoms with Crippen molar-refractivity contribution in [1.82, 2.24) is 10.3 Å². The molecule has 4 nitrogen and oxygen atoms in total. The molecule has 0 fully saturated rings. The van der Waals surface area contributed by atoms with Gasteiger partial charge in [0.2, 0.25) is 5.91 Å².